The fraction of sp³-hybridized carbons (Fsp3) is 1.00. The summed E-state index contributed by atoms with van der Waals surface area (Å²) in [6.45, 7) is 1.15. The van der Waals surface area contributed by atoms with Gasteiger partial charge < -0.3 is 4.74 Å². The van der Waals surface area contributed by atoms with Gasteiger partial charge in [0.05, 0.1) is 0 Å². The largest absolute Gasteiger partial charge is 0.366 e. The summed E-state index contributed by atoms with van der Waals surface area (Å²) in [4.78, 5) is 0. The minimum absolute atomic E-state index is 0.352. The molecule has 0 aromatic heterocycles. The maximum Gasteiger partial charge on any atom is 0.113 e. The molecule has 1 heterocycles. The van der Waals surface area contributed by atoms with E-state index < -0.39 is 0 Å². The molecule has 0 amide bonds. The molecule has 1 saturated carbocycles. The van der Waals surface area contributed by atoms with Gasteiger partial charge in [0, 0.05) is 12.5 Å². The monoisotopic (exact) mass is 155 g/mol. The van der Waals surface area contributed by atoms with Gasteiger partial charge in [-0.2, -0.15) is 0 Å². The smallest absolute Gasteiger partial charge is 0.113 e. The zero-order chi connectivity index (χ0) is 7.73. The van der Waals surface area contributed by atoms with Crippen LogP contribution >= 0.6 is 0 Å². The van der Waals surface area contributed by atoms with E-state index in [1.807, 2.05) is 7.11 Å². The van der Waals surface area contributed by atoms with E-state index in [0.29, 0.717) is 11.6 Å². The van der Waals surface area contributed by atoms with Crippen molar-refractivity contribution in [3.05, 3.63) is 0 Å². The molecule has 2 fully saturated rings. The Morgan fingerprint density at radius 3 is 2.64 bits per heavy atom. The molecule has 2 nitrogen and oxygen atoms in total. The molecule has 11 heavy (non-hydrogen) atoms. The first-order valence-electron chi connectivity index (χ1n) is 4.64. The molecule has 1 saturated heterocycles. The molecule has 0 bridgehead atoms. The van der Waals surface area contributed by atoms with Gasteiger partial charge in [-0.25, -0.2) is 0 Å². The van der Waals surface area contributed by atoms with Crippen LogP contribution in [-0.2, 0) is 4.74 Å². The fourth-order valence-corrected chi connectivity index (χ4v) is 2.72. The maximum absolute atomic E-state index is 5.44. The lowest BCUT2D eigenvalue weighted by molar-refractivity contribution is -0.000119. The summed E-state index contributed by atoms with van der Waals surface area (Å²) in [5.41, 5.74) is 0.523. The molecular weight excluding hydrogens is 138 g/mol. The van der Waals surface area contributed by atoms with Gasteiger partial charge in [0.1, 0.15) is 6.23 Å². The van der Waals surface area contributed by atoms with Crippen molar-refractivity contribution in [1.29, 1.82) is 0 Å². The molecule has 1 unspecified atom stereocenters. The molecular formula is C9H17NO. The van der Waals surface area contributed by atoms with E-state index in [2.05, 4.69) is 5.32 Å². The van der Waals surface area contributed by atoms with E-state index in [-0.39, 0.29) is 0 Å². The van der Waals surface area contributed by atoms with Crippen molar-refractivity contribution in [2.45, 2.75) is 38.3 Å². The first-order valence-corrected chi connectivity index (χ1v) is 4.64. The van der Waals surface area contributed by atoms with Gasteiger partial charge in [-0.05, 0) is 25.8 Å². The molecule has 2 rings (SSSR count). The molecule has 1 atom stereocenters. The highest BCUT2D eigenvalue weighted by molar-refractivity contribution is 4.95. The van der Waals surface area contributed by atoms with E-state index in [0.717, 1.165) is 6.54 Å². The summed E-state index contributed by atoms with van der Waals surface area (Å²) in [6, 6.07) is 0. The summed E-state index contributed by atoms with van der Waals surface area (Å²) in [6.07, 6.45) is 7.23. The third-order valence-electron chi connectivity index (χ3n) is 3.34. The predicted octanol–water partition coefficient (Wildman–Crippen LogP) is 1.51. The number of rotatable bonds is 1. The summed E-state index contributed by atoms with van der Waals surface area (Å²) >= 11 is 0. The first kappa shape index (κ1) is 7.56. The van der Waals surface area contributed by atoms with Crippen LogP contribution < -0.4 is 5.32 Å². The summed E-state index contributed by atoms with van der Waals surface area (Å²) < 4.78 is 5.44. The first-order chi connectivity index (χ1) is 5.37. The predicted molar refractivity (Wildman–Crippen MR) is 44.3 cm³/mol. The molecule has 1 aliphatic carbocycles. The van der Waals surface area contributed by atoms with E-state index in [9.17, 15) is 0 Å². The van der Waals surface area contributed by atoms with Crippen molar-refractivity contribution in [1.82, 2.24) is 5.32 Å². The van der Waals surface area contributed by atoms with Crippen LogP contribution in [0, 0.1) is 5.41 Å². The van der Waals surface area contributed by atoms with Crippen LogP contribution in [0.2, 0.25) is 0 Å². The van der Waals surface area contributed by atoms with Crippen LogP contribution in [-0.4, -0.2) is 19.9 Å². The van der Waals surface area contributed by atoms with Gasteiger partial charge >= 0.3 is 0 Å². The van der Waals surface area contributed by atoms with Crippen molar-refractivity contribution < 1.29 is 4.74 Å². The normalized spacial score (nSPS) is 35.2. The standard InChI is InChI=1S/C9H17NO/c1-11-8-9(6-7-10-8)4-2-3-5-9/h8,10H,2-7H2,1H3. The zero-order valence-corrected chi connectivity index (χ0v) is 7.23. The van der Waals surface area contributed by atoms with E-state index >= 15 is 0 Å². The highest BCUT2D eigenvalue weighted by Crippen LogP contribution is 2.46. The van der Waals surface area contributed by atoms with Gasteiger partial charge in [0.15, 0.2) is 0 Å². The summed E-state index contributed by atoms with van der Waals surface area (Å²) in [5, 5.41) is 3.42. The number of hydrogen-bond acceptors (Lipinski definition) is 2. The molecule has 0 aromatic carbocycles. The Bertz CT molecular complexity index is 135. The SMILES string of the molecule is COC1NCCC12CCCC2. The summed E-state index contributed by atoms with van der Waals surface area (Å²) in [7, 11) is 1.82. The van der Waals surface area contributed by atoms with E-state index in [1.165, 1.54) is 32.1 Å². The number of hydrogen-bond donors (Lipinski definition) is 1. The Labute approximate surface area is 68.3 Å². The third-order valence-corrected chi connectivity index (χ3v) is 3.34. The Morgan fingerprint density at radius 1 is 1.27 bits per heavy atom. The minimum Gasteiger partial charge on any atom is -0.366 e. The second-order valence-electron chi connectivity index (χ2n) is 3.89. The van der Waals surface area contributed by atoms with Gasteiger partial charge in [-0.3, -0.25) is 5.32 Å². The highest BCUT2D eigenvalue weighted by Gasteiger charge is 2.44. The average molecular weight is 155 g/mol. The molecule has 2 aliphatic rings. The van der Waals surface area contributed by atoms with Crippen LogP contribution in [0.15, 0.2) is 0 Å². The fourth-order valence-electron chi connectivity index (χ4n) is 2.72. The molecule has 1 spiro atoms. The van der Waals surface area contributed by atoms with Crippen molar-refractivity contribution in [3.63, 3.8) is 0 Å². The van der Waals surface area contributed by atoms with E-state index in [4.69, 9.17) is 4.74 Å². The molecule has 0 radical (unpaired) electrons. The van der Waals surface area contributed by atoms with Gasteiger partial charge in [-0.15, -0.1) is 0 Å². The molecule has 1 aliphatic heterocycles. The Kier molecular flexibility index (Phi) is 1.90. The lowest BCUT2D eigenvalue weighted by Crippen LogP contribution is -2.36. The molecule has 64 valence electrons. The van der Waals surface area contributed by atoms with Gasteiger partial charge in [-0.1, -0.05) is 12.8 Å². The molecule has 2 heteroatoms. The minimum atomic E-state index is 0.352. The Hall–Kier alpha value is -0.0800. The second-order valence-corrected chi connectivity index (χ2v) is 3.89. The van der Waals surface area contributed by atoms with Crippen molar-refractivity contribution in [2.24, 2.45) is 5.41 Å². The highest BCUT2D eigenvalue weighted by atomic mass is 16.5. The quantitative estimate of drug-likeness (QED) is 0.619. The topological polar surface area (TPSA) is 21.3 Å². The average Bonchev–Trinajstić information content (AvgIpc) is 2.62. The lowest BCUT2D eigenvalue weighted by Gasteiger charge is -2.28. The van der Waals surface area contributed by atoms with Gasteiger partial charge in [0.2, 0.25) is 0 Å². The van der Waals surface area contributed by atoms with E-state index in [1.54, 1.807) is 0 Å². The van der Waals surface area contributed by atoms with Crippen LogP contribution in [0.25, 0.3) is 0 Å². The molecule has 0 aromatic rings. The lowest BCUT2D eigenvalue weighted by atomic mass is 9.84. The number of ether oxygens (including phenoxy) is 1. The van der Waals surface area contributed by atoms with Crippen LogP contribution in [0.3, 0.4) is 0 Å². The summed E-state index contributed by atoms with van der Waals surface area (Å²) in [5.74, 6) is 0. The van der Waals surface area contributed by atoms with Crippen LogP contribution in [0.4, 0.5) is 0 Å². The van der Waals surface area contributed by atoms with Crippen molar-refractivity contribution in [3.8, 4) is 0 Å². The molecule has 1 N–H and O–H groups in total. The van der Waals surface area contributed by atoms with Crippen molar-refractivity contribution >= 4 is 0 Å². The zero-order valence-electron chi connectivity index (χ0n) is 7.23. The van der Waals surface area contributed by atoms with Crippen LogP contribution in [0.1, 0.15) is 32.1 Å². The Balaban J connectivity index is 2.09. The number of nitrogens with one attached hydrogen (secondary N) is 1. The third kappa shape index (κ3) is 1.09. The van der Waals surface area contributed by atoms with Crippen molar-refractivity contribution in [2.75, 3.05) is 13.7 Å². The van der Waals surface area contributed by atoms with Gasteiger partial charge in [0.25, 0.3) is 0 Å². The maximum atomic E-state index is 5.44. The number of methoxy groups -OCH3 is 1. The second kappa shape index (κ2) is 2.76. The Morgan fingerprint density at radius 2 is 2.00 bits per heavy atom. The van der Waals surface area contributed by atoms with Crippen LogP contribution in [0.5, 0.6) is 0 Å².